The summed E-state index contributed by atoms with van der Waals surface area (Å²) in [7, 11) is 1.73. The maximum absolute atomic E-state index is 5.73. The predicted molar refractivity (Wildman–Crippen MR) is 82.3 cm³/mol. The van der Waals surface area contributed by atoms with Crippen molar-refractivity contribution < 1.29 is 9.47 Å². The minimum atomic E-state index is -0.398. The van der Waals surface area contributed by atoms with Crippen molar-refractivity contribution in [2.75, 3.05) is 32.2 Å². The molecule has 5 nitrogen and oxygen atoms in total. The second-order valence-electron chi connectivity index (χ2n) is 4.63. The van der Waals surface area contributed by atoms with Crippen LogP contribution in [0.3, 0.4) is 0 Å². The van der Waals surface area contributed by atoms with Gasteiger partial charge in [0.1, 0.15) is 11.4 Å². The van der Waals surface area contributed by atoms with E-state index in [2.05, 4.69) is 44.8 Å². The molecule has 0 unspecified atom stereocenters. The summed E-state index contributed by atoms with van der Waals surface area (Å²) < 4.78 is 12.2. The first-order chi connectivity index (χ1) is 9.22. The number of anilines is 1. The lowest BCUT2D eigenvalue weighted by atomic mass is 9.93. The van der Waals surface area contributed by atoms with Gasteiger partial charge < -0.3 is 14.8 Å². The van der Waals surface area contributed by atoms with E-state index >= 15 is 0 Å². The number of nitrogens with one attached hydrogen (secondary N) is 1. The van der Waals surface area contributed by atoms with Gasteiger partial charge in [-0.05, 0) is 29.0 Å². The molecule has 0 radical (unpaired) electrons. The molecule has 0 saturated carbocycles. The highest BCUT2D eigenvalue weighted by atomic mass is 127. The van der Waals surface area contributed by atoms with Gasteiger partial charge in [0, 0.05) is 45.9 Å². The molecule has 0 spiro atoms. The van der Waals surface area contributed by atoms with Gasteiger partial charge in [0.15, 0.2) is 5.82 Å². The van der Waals surface area contributed by atoms with Crippen LogP contribution in [-0.2, 0) is 15.1 Å². The molecule has 0 amide bonds. The third-order valence-electron chi connectivity index (χ3n) is 3.39. The van der Waals surface area contributed by atoms with Gasteiger partial charge in [-0.25, -0.2) is 9.97 Å². The smallest absolute Gasteiger partial charge is 0.162 e. The normalized spacial score (nSPS) is 18.3. The molecule has 2 rings (SSSR count). The molecule has 1 fully saturated rings. The summed E-state index contributed by atoms with van der Waals surface area (Å²) in [6.45, 7) is 4.44. The molecule has 0 aliphatic carbocycles. The fourth-order valence-corrected chi connectivity index (χ4v) is 2.62. The van der Waals surface area contributed by atoms with Gasteiger partial charge in [-0.3, -0.25) is 0 Å². The lowest BCUT2D eigenvalue weighted by Crippen LogP contribution is -2.37. The van der Waals surface area contributed by atoms with E-state index in [0.29, 0.717) is 13.2 Å². The van der Waals surface area contributed by atoms with Crippen LogP contribution in [0.1, 0.15) is 32.0 Å². The standard InChI is InChI=1S/C13H20IN3O2/c1-3-6-15-11-10(14)9-16-12(17-11)13(18-2)4-7-19-8-5-13/h9H,3-8H2,1-2H3,(H,15,16,17). The van der Waals surface area contributed by atoms with Crippen LogP contribution in [0.25, 0.3) is 0 Å². The zero-order chi connectivity index (χ0) is 13.7. The van der Waals surface area contributed by atoms with Crippen molar-refractivity contribution >= 4 is 28.4 Å². The molecule has 0 atom stereocenters. The fraction of sp³-hybridized carbons (Fsp3) is 0.692. The average molecular weight is 377 g/mol. The number of rotatable bonds is 5. The van der Waals surface area contributed by atoms with Crippen LogP contribution in [0.4, 0.5) is 5.82 Å². The highest BCUT2D eigenvalue weighted by Gasteiger charge is 2.37. The number of nitrogens with zero attached hydrogens (tertiary/aromatic N) is 2. The highest BCUT2D eigenvalue weighted by Crippen LogP contribution is 2.34. The summed E-state index contributed by atoms with van der Waals surface area (Å²) in [4.78, 5) is 9.14. The first kappa shape index (κ1) is 14.9. The van der Waals surface area contributed by atoms with Crippen molar-refractivity contribution in [2.45, 2.75) is 31.8 Å². The summed E-state index contributed by atoms with van der Waals surface area (Å²) in [6.07, 6.45) is 4.53. The van der Waals surface area contributed by atoms with Crippen molar-refractivity contribution in [3.8, 4) is 0 Å². The first-order valence-electron chi connectivity index (χ1n) is 6.61. The number of hydrogen-bond donors (Lipinski definition) is 1. The molecule has 1 aliphatic rings. The lowest BCUT2D eigenvalue weighted by Gasteiger charge is -2.34. The van der Waals surface area contributed by atoms with E-state index in [-0.39, 0.29) is 0 Å². The molecular weight excluding hydrogens is 357 g/mol. The highest BCUT2D eigenvalue weighted by molar-refractivity contribution is 14.1. The third-order valence-corrected chi connectivity index (χ3v) is 4.17. The Bertz CT molecular complexity index is 422. The van der Waals surface area contributed by atoms with Crippen molar-refractivity contribution in [3.05, 3.63) is 15.6 Å². The zero-order valence-corrected chi connectivity index (χ0v) is 13.6. The van der Waals surface area contributed by atoms with Crippen LogP contribution in [0.5, 0.6) is 0 Å². The van der Waals surface area contributed by atoms with Crippen molar-refractivity contribution in [2.24, 2.45) is 0 Å². The lowest BCUT2D eigenvalue weighted by molar-refractivity contribution is -0.0999. The Labute approximate surface area is 127 Å². The second-order valence-corrected chi connectivity index (χ2v) is 5.79. The number of methoxy groups -OCH3 is 1. The molecular formula is C13H20IN3O2. The minimum absolute atomic E-state index is 0.398. The van der Waals surface area contributed by atoms with Gasteiger partial charge in [-0.15, -0.1) is 0 Å². The van der Waals surface area contributed by atoms with Crippen LogP contribution >= 0.6 is 22.6 Å². The van der Waals surface area contributed by atoms with Crippen LogP contribution in [0.2, 0.25) is 0 Å². The minimum Gasteiger partial charge on any atom is -0.381 e. The van der Waals surface area contributed by atoms with Crippen LogP contribution in [0.15, 0.2) is 6.20 Å². The van der Waals surface area contributed by atoms with E-state index in [1.54, 1.807) is 7.11 Å². The maximum Gasteiger partial charge on any atom is 0.162 e. The van der Waals surface area contributed by atoms with E-state index in [0.717, 1.165) is 41.0 Å². The summed E-state index contributed by atoms with van der Waals surface area (Å²) in [5.41, 5.74) is -0.398. The molecule has 6 heteroatoms. The molecule has 1 aromatic rings. The average Bonchev–Trinajstić information content (AvgIpc) is 2.47. The van der Waals surface area contributed by atoms with Gasteiger partial charge in [-0.1, -0.05) is 6.92 Å². The predicted octanol–water partition coefficient (Wildman–Crippen LogP) is 2.56. The molecule has 1 aliphatic heterocycles. The fourth-order valence-electron chi connectivity index (χ4n) is 2.17. The Morgan fingerprint density at radius 2 is 2.21 bits per heavy atom. The molecule has 0 bridgehead atoms. The van der Waals surface area contributed by atoms with Crippen molar-refractivity contribution in [1.82, 2.24) is 9.97 Å². The Hall–Kier alpha value is -0.470. The molecule has 19 heavy (non-hydrogen) atoms. The third kappa shape index (κ3) is 3.35. The molecule has 1 N–H and O–H groups in total. The molecule has 0 aromatic carbocycles. The van der Waals surface area contributed by atoms with Crippen LogP contribution in [-0.4, -0.2) is 36.8 Å². The summed E-state index contributed by atoms with van der Waals surface area (Å²) in [6, 6.07) is 0. The summed E-state index contributed by atoms with van der Waals surface area (Å²) in [5, 5.41) is 3.34. The van der Waals surface area contributed by atoms with E-state index < -0.39 is 5.60 Å². The molecule has 106 valence electrons. The van der Waals surface area contributed by atoms with E-state index in [4.69, 9.17) is 9.47 Å². The second kappa shape index (κ2) is 6.81. The maximum atomic E-state index is 5.73. The zero-order valence-electron chi connectivity index (χ0n) is 11.4. The van der Waals surface area contributed by atoms with Gasteiger partial charge >= 0.3 is 0 Å². The Balaban J connectivity index is 2.27. The Kier molecular flexibility index (Phi) is 5.35. The Morgan fingerprint density at radius 3 is 2.84 bits per heavy atom. The quantitative estimate of drug-likeness (QED) is 0.800. The largest absolute Gasteiger partial charge is 0.381 e. The van der Waals surface area contributed by atoms with Crippen LogP contribution in [0, 0.1) is 3.57 Å². The topological polar surface area (TPSA) is 56.3 Å². The van der Waals surface area contributed by atoms with Gasteiger partial charge in [0.05, 0.1) is 3.57 Å². The number of aromatic nitrogens is 2. The van der Waals surface area contributed by atoms with E-state index in [1.807, 2.05) is 6.20 Å². The SMILES string of the molecule is CCCNc1nc(C2(OC)CCOCC2)ncc1I. The van der Waals surface area contributed by atoms with Crippen molar-refractivity contribution in [3.63, 3.8) is 0 Å². The van der Waals surface area contributed by atoms with Crippen LogP contribution < -0.4 is 5.32 Å². The molecule has 1 aromatic heterocycles. The number of hydrogen-bond acceptors (Lipinski definition) is 5. The van der Waals surface area contributed by atoms with Gasteiger partial charge in [0.2, 0.25) is 0 Å². The van der Waals surface area contributed by atoms with Crippen molar-refractivity contribution in [1.29, 1.82) is 0 Å². The van der Waals surface area contributed by atoms with E-state index in [1.165, 1.54) is 0 Å². The number of halogens is 1. The van der Waals surface area contributed by atoms with Gasteiger partial charge in [0.25, 0.3) is 0 Å². The first-order valence-corrected chi connectivity index (χ1v) is 7.69. The summed E-state index contributed by atoms with van der Waals surface area (Å²) in [5.74, 6) is 1.66. The van der Waals surface area contributed by atoms with E-state index in [9.17, 15) is 0 Å². The Morgan fingerprint density at radius 1 is 1.47 bits per heavy atom. The summed E-state index contributed by atoms with van der Waals surface area (Å²) >= 11 is 2.25. The monoisotopic (exact) mass is 377 g/mol. The number of ether oxygens (including phenoxy) is 2. The van der Waals surface area contributed by atoms with Gasteiger partial charge in [-0.2, -0.15) is 0 Å². The molecule has 1 saturated heterocycles. The molecule has 2 heterocycles.